The second-order valence-corrected chi connectivity index (χ2v) is 9.28. The first-order chi connectivity index (χ1) is 16.8. The Balaban J connectivity index is 1.94. The van der Waals surface area contributed by atoms with Crippen LogP contribution in [0.25, 0.3) is 6.08 Å². The van der Waals surface area contributed by atoms with Gasteiger partial charge in [-0.05, 0) is 77.7 Å². The van der Waals surface area contributed by atoms with Crippen molar-refractivity contribution in [1.82, 2.24) is 5.32 Å². The number of halogens is 2. The van der Waals surface area contributed by atoms with Crippen LogP contribution in [0, 0.1) is 6.92 Å². The Bertz CT molecular complexity index is 1160. The molecule has 2 aromatic rings. The molecule has 3 rings (SSSR count). The number of nitrogens with one attached hydrogen (secondary N) is 1. The maximum absolute atomic E-state index is 13.3. The highest BCUT2D eigenvalue weighted by Crippen LogP contribution is 2.38. The Morgan fingerprint density at radius 1 is 1.09 bits per heavy atom. The summed E-state index contributed by atoms with van der Waals surface area (Å²) in [5.41, 5.74) is 1.20. The largest absolute Gasteiger partial charge is 0.490 e. The van der Waals surface area contributed by atoms with Gasteiger partial charge in [-0.3, -0.25) is 14.9 Å². The van der Waals surface area contributed by atoms with Gasteiger partial charge < -0.3 is 9.47 Å². The smallest absolute Gasteiger partial charge is 0.335 e. The maximum atomic E-state index is 13.3. The second kappa shape index (κ2) is 12.2. The first-order valence-electron chi connectivity index (χ1n) is 11.5. The summed E-state index contributed by atoms with van der Waals surface area (Å²) in [4.78, 5) is 39.3. The molecule has 1 aliphatic rings. The van der Waals surface area contributed by atoms with E-state index in [0.717, 1.165) is 30.6 Å². The lowest BCUT2D eigenvalue weighted by Gasteiger charge is -2.27. The van der Waals surface area contributed by atoms with Crippen LogP contribution in [0.15, 0.2) is 40.4 Å². The fourth-order valence-electron chi connectivity index (χ4n) is 3.66. The van der Waals surface area contributed by atoms with E-state index in [2.05, 4.69) is 28.2 Å². The third kappa shape index (κ3) is 6.24. The number of rotatable bonds is 10. The van der Waals surface area contributed by atoms with Crippen LogP contribution in [-0.4, -0.2) is 31.1 Å². The Hall–Kier alpha value is -2.84. The average Bonchev–Trinajstić information content (AvgIpc) is 2.81. The van der Waals surface area contributed by atoms with Crippen molar-refractivity contribution in [3.8, 4) is 11.5 Å². The van der Waals surface area contributed by atoms with Crippen molar-refractivity contribution in [2.75, 3.05) is 18.1 Å². The van der Waals surface area contributed by atoms with E-state index >= 15 is 0 Å². The molecule has 2 aromatic carbocycles. The van der Waals surface area contributed by atoms with Gasteiger partial charge in [0.1, 0.15) is 5.57 Å². The Morgan fingerprint density at radius 3 is 2.57 bits per heavy atom. The minimum Gasteiger partial charge on any atom is -0.490 e. The molecule has 1 N–H and O–H groups in total. The topological polar surface area (TPSA) is 84.9 Å². The highest BCUT2D eigenvalue weighted by atomic mass is 79.9. The molecule has 0 aliphatic carbocycles. The molecule has 1 heterocycles. The van der Waals surface area contributed by atoms with Crippen molar-refractivity contribution in [1.29, 1.82) is 0 Å². The summed E-state index contributed by atoms with van der Waals surface area (Å²) in [6, 6.07) is 7.51. The number of imide groups is 2. The Kier molecular flexibility index (Phi) is 9.34. The molecule has 1 fully saturated rings. The number of benzene rings is 2. The van der Waals surface area contributed by atoms with Crippen LogP contribution >= 0.6 is 27.5 Å². The third-order valence-electron chi connectivity index (χ3n) is 5.47. The SMILES string of the molecule is CCCCCCOc1c(Br)cc(/C=C2/C(=O)NC(=O)N(c3cccc(Cl)c3C)C2=O)cc1OCC. The van der Waals surface area contributed by atoms with E-state index in [0.29, 0.717) is 51.0 Å². The average molecular weight is 564 g/mol. The molecular formula is C26H28BrClN2O5. The Labute approximate surface area is 218 Å². The number of ether oxygens (including phenoxy) is 2. The molecule has 7 nitrogen and oxygen atoms in total. The first kappa shape index (κ1) is 26.8. The Morgan fingerprint density at radius 2 is 1.86 bits per heavy atom. The molecule has 0 spiro atoms. The van der Waals surface area contributed by atoms with E-state index in [1.54, 1.807) is 37.3 Å². The van der Waals surface area contributed by atoms with Gasteiger partial charge in [-0.15, -0.1) is 0 Å². The summed E-state index contributed by atoms with van der Waals surface area (Å²) in [5.74, 6) is -0.460. The normalized spacial score (nSPS) is 14.9. The van der Waals surface area contributed by atoms with Crippen LogP contribution < -0.4 is 19.7 Å². The molecule has 186 valence electrons. The minimum absolute atomic E-state index is 0.188. The minimum atomic E-state index is -0.828. The lowest BCUT2D eigenvalue weighted by atomic mass is 10.1. The molecule has 4 amide bonds. The van der Waals surface area contributed by atoms with Gasteiger partial charge in [0.2, 0.25) is 0 Å². The van der Waals surface area contributed by atoms with E-state index in [-0.39, 0.29) is 5.57 Å². The summed E-state index contributed by atoms with van der Waals surface area (Å²) in [6.07, 6.45) is 5.73. The molecule has 0 saturated carbocycles. The number of hydrogen-bond acceptors (Lipinski definition) is 5. The van der Waals surface area contributed by atoms with Crippen molar-refractivity contribution >= 4 is 57.1 Å². The van der Waals surface area contributed by atoms with Gasteiger partial charge in [0.25, 0.3) is 11.8 Å². The summed E-state index contributed by atoms with van der Waals surface area (Å²) in [6.45, 7) is 6.68. The highest BCUT2D eigenvalue weighted by molar-refractivity contribution is 9.10. The van der Waals surface area contributed by atoms with Gasteiger partial charge >= 0.3 is 6.03 Å². The zero-order valence-corrected chi connectivity index (χ0v) is 22.3. The van der Waals surface area contributed by atoms with Crippen molar-refractivity contribution in [2.45, 2.75) is 46.5 Å². The standard InChI is InChI=1S/C26H28BrClN2O5/c1-4-6-7-8-12-35-23-19(27)14-17(15-22(23)34-5-2)13-18-24(31)29-26(33)30(25(18)32)21-11-9-10-20(28)16(21)3/h9-11,13-15H,4-8,12H2,1-3H3,(H,29,31,33)/b18-13-. The fourth-order valence-corrected chi connectivity index (χ4v) is 4.40. The summed E-state index contributed by atoms with van der Waals surface area (Å²) in [5, 5.41) is 2.64. The first-order valence-corrected chi connectivity index (χ1v) is 12.7. The quantitative estimate of drug-likeness (QED) is 0.204. The van der Waals surface area contributed by atoms with Gasteiger partial charge in [-0.2, -0.15) is 0 Å². The van der Waals surface area contributed by atoms with E-state index < -0.39 is 17.8 Å². The van der Waals surface area contributed by atoms with Gasteiger partial charge in [-0.1, -0.05) is 43.9 Å². The molecular weight excluding hydrogens is 536 g/mol. The number of carbonyl (C=O) groups is 3. The molecule has 0 bridgehead atoms. The van der Waals surface area contributed by atoms with Gasteiger partial charge in [-0.25, -0.2) is 9.69 Å². The number of nitrogens with zero attached hydrogens (tertiary/aromatic N) is 1. The fraction of sp³-hybridized carbons (Fsp3) is 0.346. The molecule has 0 atom stereocenters. The van der Waals surface area contributed by atoms with Crippen molar-refractivity contribution < 1.29 is 23.9 Å². The zero-order valence-electron chi connectivity index (χ0n) is 20.0. The molecule has 0 aromatic heterocycles. The van der Waals surface area contributed by atoms with E-state index in [4.69, 9.17) is 21.1 Å². The molecule has 0 radical (unpaired) electrons. The van der Waals surface area contributed by atoms with E-state index in [9.17, 15) is 14.4 Å². The second-order valence-electron chi connectivity index (χ2n) is 8.01. The third-order valence-corrected chi connectivity index (χ3v) is 6.47. The van der Waals surface area contributed by atoms with Crippen LogP contribution in [0.1, 0.15) is 50.7 Å². The van der Waals surface area contributed by atoms with E-state index in [1.165, 1.54) is 6.08 Å². The lowest BCUT2D eigenvalue weighted by molar-refractivity contribution is -0.122. The molecule has 0 unspecified atom stereocenters. The van der Waals surface area contributed by atoms with Crippen LogP contribution in [-0.2, 0) is 9.59 Å². The predicted molar refractivity (Wildman–Crippen MR) is 140 cm³/mol. The zero-order chi connectivity index (χ0) is 25.5. The molecule has 1 saturated heterocycles. The predicted octanol–water partition coefficient (Wildman–Crippen LogP) is 6.44. The van der Waals surface area contributed by atoms with Crippen molar-refractivity contribution in [2.24, 2.45) is 0 Å². The molecule has 9 heteroatoms. The lowest BCUT2D eigenvalue weighted by Crippen LogP contribution is -2.54. The molecule has 35 heavy (non-hydrogen) atoms. The van der Waals surface area contributed by atoms with Crippen LogP contribution in [0.4, 0.5) is 10.5 Å². The number of hydrogen-bond donors (Lipinski definition) is 1. The number of urea groups is 1. The van der Waals surface area contributed by atoms with Crippen LogP contribution in [0.3, 0.4) is 0 Å². The number of amides is 4. The van der Waals surface area contributed by atoms with Crippen molar-refractivity contribution in [3.63, 3.8) is 0 Å². The van der Waals surface area contributed by atoms with E-state index in [1.807, 2.05) is 6.92 Å². The summed E-state index contributed by atoms with van der Waals surface area (Å²) in [7, 11) is 0. The van der Waals surface area contributed by atoms with Crippen molar-refractivity contribution in [3.05, 3.63) is 56.5 Å². The van der Waals surface area contributed by atoms with Gasteiger partial charge in [0.05, 0.1) is 23.4 Å². The van der Waals surface area contributed by atoms with Crippen LogP contribution in [0.5, 0.6) is 11.5 Å². The van der Waals surface area contributed by atoms with Gasteiger partial charge in [0, 0.05) is 5.02 Å². The summed E-state index contributed by atoms with van der Waals surface area (Å²) >= 11 is 9.70. The summed E-state index contributed by atoms with van der Waals surface area (Å²) < 4.78 is 12.4. The maximum Gasteiger partial charge on any atom is 0.335 e. The molecule has 1 aliphatic heterocycles. The number of unbranched alkanes of at least 4 members (excludes halogenated alkanes) is 3. The monoisotopic (exact) mass is 562 g/mol. The number of carbonyl (C=O) groups excluding carboxylic acids is 3. The van der Waals surface area contributed by atoms with Gasteiger partial charge in [0.15, 0.2) is 11.5 Å². The highest BCUT2D eigenvalue weighted by Gasteiger charge is 2.37. The van der Waals surface area contributed by atoms with Crippen LogP contribution in [0.2, 0.25) is 5.02 Å². The number of barbiturate groups is 1. The number of anilines is 1.